The summed E-state index contributed by atoms with van der Waals surface area (Å²) in [6.45, 7) is 4.65. The first-order valence-corrected chi connectivity index (χ1v) is 6.04. The lowest BCUT2D eigenvalue weighted by Crippen LogP contribution is -2.56. The van der Waals surface area contributed by atoms with Crippen molar-refractivity contribution in [2.75, 3.05) is 0 Å². The van der Waals surface area contributed by atoms with Gasteiger partial charge in [-0.2, -0.15) is 0 Å². The average Bonchev–Trinajstić information content (AvgIpc) is 2.15. The Balaban J connectivity index is 1.84. The SMILES string of the molecule is CC1(C)CCC1NC1CCCCC1O. The van der Waals surface area contributed by atoms with E-state index in [0.717, 1.165) is 12.8 Å². The number of aliphatic hydroxyl groups excluding tert-OH is 1. The zero-order valence-electron chi connectivity index (χ0n) is 9.42. The van der Waals surface area contributed by atoms with Crippen LogP contribution in [-0.2, 0) is 0 Å². The van der Waals surface area contributed by atoms with Crippen LogP contribution in [0.15, 0.2) is 0 Å². The molecular formula is C12H23NO. The lowest BCUT2D eigenvalue weighted by Gasteiger charge is -2.48. The Morgan fingerprint density at radius 2 is 1.86 bits per heavy atom. The minimum absolute atomic E-state index is 0.0971. The topological polar surface area (TPSA) is 32.3 Å². The molecule has 2 fully saturated rings. The molecule has 2 heteroatoms. The average molecular weight is 197 g/mol. The van der Waals surface area contributed by atoms with Gasteiger partial charge in [0.05, 0.1) is 6.10 Å². The maximum absolute atomic E-state index is 9.85. The zero-order valence-corrected chi connectivity index (χ0v) is 9.42. The molecule has 0 aromatic carbocycles. The first kappa shape index (κ1) is 10.4. The highest BCUT2D eigenvalue weighted by Crippen LogP contribution is 2.40. The van der Waals surface area contributed by atoms with Crippen LogP contribution >= 0.6 is 0 Å². The predicted octanol–water partition coefficient (Wildman–Crippen LogP) is 2.07. The number of nitrogens with one attached hydrogen (secondary N) is 1. The summed E-state index contributed by atoms with van der Waals surface area (Å²) in [5, 5.41) is 13.5. The third kappa shape index (κ3) is 1.96. The number of hydrogen-bond donors (Lipinski definition) is 2. The fourth-order valence-electron chi connectivity index (χ4n) is 2.74. The van der Waals surface area contributed by atoms with Gasteiger partial charge in [0, 0.05) is 12.1 Å². The molecule has 2 nitrogen and oxygen atoms in total. The standard InChI is InChI=1S/C12H23NO/c1-12(2)8-7-11(12)13-9-5-3-4-6-10(9)14/h9-11,13-14H,3-8H2,1-2H3. The van der Waals surface area contributed by atoms with Crippen LogP contribution in [-0.4, -0.2) is 23.3 Å². The highest BCUT2D eigenvalue weighted by molar-refractivity contribution is 4.97. The van der Waals surface area contributed by atoms with Crippen molar-refractivity contribution in [3.8, 4) is 0 Å². The molecule has 3 atom stereocenters. The number of rotatable bonds is 2. The molecule has 0 spiro atoms. The summed E-state index contributed by atoms with van der Waals surface area (Å²) in [5.74, 6) is 0. The van der Waals surface area contributed by atoms with Crippen LogP contribution in [0.1, 0.15) is 52.4 Å². The molecule has 2 saturated carbocycles. The second-order valence-electron chi connectivity index (χ2n) is 5.70. The molecular weight excluding hydrogens is 174 g/mol. The molecule has 0 saturated heterocycles. The van der Waals surface area contributed by atoms with Crippen molar-refractivity contribution in [3.63, 3.8) is 0 Å². The van der Waals surface area contributed by atoms with Gasteiger partial charge in [0.25, 0.3) is 0 Å². The molecule has 0 heterocycles. The molecule has 2 aliphatic rings. The van der Waals surface area contributed by atoms with Gasteiger partial charge < -0.3 is 10.4 Å². The van der Waals surface area contributed by atoms with E-state index in [1.165, 1.54) is 25.7 Å². The van der Waals surface area contributed by atoms with E-state index in [1.807, 2.05) is 0 Å². The molecule has 0 aliphatic heterocycles. The van der Waals surface area contributed by atoms with Crippen molar-refractivity contribution in [1.29, 1.82) is 0 Å². The lowest BCUT2D eigenvalue weighted by atomic mass is 9.67. The van der Waals surface area contributed by atoms with E-state index in [9.17, 15) is 5.11 Å². The molecule has 2 aliphatic carbocycles. The Morgan fingerprint density at radius 3 is 2.36 bits per heavy atom. The first-order chi connectivity index (χ1) is 6.59. The normalized spacial score (nSPS) is 41.8. The van der Waals surface area contributed by atoms with Gasteiger partial charge in [-0.15, -0.1) is 0 Å². The van der Waals surface area contributed by atoms with Crippen LogP contribution < -0.4 is 5.32 Å². The van der Waals surface area contributed by atoms with Crippen molar-refractivity contribution < 1.29 is 5.11 Å². The molecule has 0 amide bonds. The molecule has 0 bridgehead atoms. The van der Waals surface area contributed by atoms with Crippen molar-refractivity contribution in [3.05, 3.63) is 0 Å². The van der Waals surface area contributed by atoms with Gasteiger partial charge in [0.2, 0.25) is 0 Å². The van der Waals surface area contributed by atoms with Gasteiger partial charge in [-0.25, -0.2) is 0 Å². The minimum Gasteiger partial charge on any atom is -0.392 e. The summed E-state index contributed by atoms with van der Waals surface area (Å²) in [4.78, 5) is 0. The highest BCUT2D eigenvalue weighted by Gasteiger charge is 2.40. The van der Waals surface area contributed by atoms with Crippen molar-refractivity contribution in [2.24, 2.45) is 5.41 Å². The van der Waals surface area contributed by atoms with Crippen LogP contribution in [0.3, 0.4) is 0 Å². The largest absolute Gasteiger partial charge is 0.392 e. The summed E-state index contributed by atoms with van der Waals surface area (Å²) in [5.41, 5.74) is 0.456. The zero-order chi connectivity index (χ0) is 10.2. The molecule has 82 valence electrons. The molecule has 0 aromatic rings. The van der Waals surface area contributed by atoms with E-state index in [4.69, 9.17) is 0 Å². The Kier molecular flexibility index (Phi) is 2.85. The van der Waals surface area contributed by atoms with E-state index < -0.39 is 0 Å². The maximum atomic E-state index is 9.85. The maximum Gasteiger partial charge on any atom is 0.0693 e. The van der Waals surface area contributed by atoms with Crippen molar-refractivity contribution in [1.82, 2.24) is 5.32 Å². The van der Waals surface area contributed by atoms with Crippen molar-refractivity contribution >= 4 is 0 Å². The quantitative estimate of drug-likeness (QED) is 0.710. The van der Waals surface area contributed by atoms with Crippen molar-refractivity contribution in [2.45, 2.75) is 70.6 Å². The molecule has 0 aromatic heterocycles. The van der Waals surface area contributed by atoms with E-state index in [-0.39, 0.29) is 6.10 Å². The summed E-state index contributed by atoms with van der Waals surface area (Å²) in [6, 6.07) is 1.01. The summed E-state index contributed by atoms with van der Waals surface area (Å²) >= 11 is 0. The molecule has 14 heavy (non-hydrogen) atoms. The third-order valence-electron chi connectivity index (χ3n) is 4.17. The second-order valence-corrected chi connectivity index (χ2v) is 5.70. The summed E-state index contributed by atoms with van der Waals surface area (Å²) in [6.07, 6.45) is 7.15. The van der Waals surface area contributed by atoms with Crippen LogP contribution in [0.5, 0.6) is 0 Å². The predicted molar refractivity (Wildman–Crippen MR) is 58.2 cm³/mol. The van der Waals surface area contributed by atoms with Gasteiger partial charge in [0.15, 0.2) is 0 Å². The Hall–Kier alpha value is -0.0800. The molecule has 3 unspecified atom stereocenters. The number of hydrogen-bond acceptors (Lipinski definition) is 2. The van der Waals surface area contributed by atoms with Gasteiger partial charge in [-0.3, -0.25) is 0 Å². The van der Waals surface area contributed by atoms with Gasteiger partial charge >= 0.3 is 0 Å². The smallest absolute Gasteiger partial charge is 0.0693 e. The van der Waals surface area contributed by atoms with E-state index in [0.29, 0.717) is 17.5 Å². The lowest BCUT2D eigenvalue weighted by molar-refractivity contribution is 0.0389. The Morgan fingerprint density at radius 1 is 1.14 bits per heavy atom. The first-order valence-electron chi connectivity index (χ1n) is 6.04. The summed E-state index contributed by atoms with van der Waals surface area (Å²) < 4.78 is 0. The molecule has 2 N–H and O–H groups in total. The van der Waals surface area contributed by atoms with E-state index in [1.54, 1.807) is 0 Å². The van der Waals surface area contributed by atoms with Crippen LogP contribution in [0.2, 0.25) is 0 Å². The monoisotopic (exact) mass is 197 g/mol. The highest BCUT2D eigenvalue weighted by atomic mass is 16.3. The minimum atomic E-state index is -0.0971. The Bertz CT molecular complexity index is 202. The van der Waals surface area contributed by atoms with E-state index >= 15 is 0 Å². The fourth-order valence-corrected chi connectivity index (χ4v) is 2.74. The number of aliphatic hydroxyl groups is 1. The fraction of sp³-hybridized carbons (Fsp3) is 1.00. The van der Waals surface area contributed by atoms with Crippen LogP contribution in [0.4, 0.5) is 0 Å². The molecule has 0 radical (unpaired) electrons. The Labute approximate surface area is 87.1 Å². The van der Waals surface area contributed by atoms with Crippen LogP contribution in [0, 0.1) is 5.41 Å². The van der Waals surface area contributed by atoms with Gasteiger partial charge in [0.1, 0.15) is 0 Å². The van der Waals surface area contributed by atoms with Gasteiger partial charge in [-0.05, 0) is 31.1 Å². The third-order valence-corrected chi connectivity index (χ3v) is 4.17. The second kappa shape index (κ2) is 3.82. The molecule has 2 rings (SSSR count). The van der Waals surface area contributed by atoms with Gasteiger partial charge in [-0.1, -0.05) is 26.7 Å². The van der Waals surface area contributed by atoms with Crippen LogP contribution in [0.25, 0.3) is 0 Å². The summed E-state index contributed by atoms with van der Waals surface area (Å²) in [7, 11) is 0. The van der Waals surface area contributed by atoms with E-state index in [2.05, 4.69) is 19.2 Å².